The first-order valence-corrected chi connectivity index (χ1v) is 8.24. The van der Waals surface area contributed by atoms with E-state index in [-0.39, 0.29) is 12.1 Å². The summed E-state index contributed by atoms with van der Waals surface area (Å²) in [4.78, 5) is 0.864. The number of fused-ring (bicyclic) bond motifs is 1. The number of aromatic nitrogens is 4. The predicted molar refractivity (Wildman–Crippen MR) is 75.8 cm³/mol. The fraction of sp³-hybridized carbons (Fsp3) is 0.769. The van der Waals surface area contributed by atoms with E-state index in [9.17, 15) is 0 Å². The fourth-order valence-electron chi connectivity index (χ4n) is 3.24. The summed E-state index contributed by atoms with van der Waals surface area (Å²) in [5.41, 5.74) is 6.26. The van der Waals surface area contributed by atoms with Crippen molar-refractivity contribution in [2.45, 2.75) is 56.6 Å². The Bertz CT molecular complexity index is 603. The molecule has 0 aromatic carbocycles. The van der Waals surface area contributed by atoms with E-state index in [1.807, 2.05) is 4.52 Å². The topological polar surface area (TPSA) is 78.3 Å². The molecule has 6 nitrogen and oxygen atoms in total. The number of hydrogen-bond donors (Lipinski definition) is 1. The van der Waals surface area contributed by atoms with Crippen molar-refractivity contribution in [1.29, 1.82) is 0 Å². The van der Waals surface area contributed by atoms with Crippen LogP contribution in [-0.4, -0.2) is 32.5 Å². The van der Waals surface area contributed by atoms with Gasteiger partial charge in [-0.25, -0.2) is 0 Å². The minimum atomic E-state index is 0.0555. The molecular weight excluding hydrogens is 274 g/mol. The molecule has 108 valence electrons. The van der Waals surface area contributed by atoms with Crippen LogP contribution in [0.3, 0.4) is 0 Å². The van der Waals surface area contributed by atoms with E-state index in [2.05, 4.69) is 10.2 Å². The highest BCUT2D eigenvalue weighted by Gasteiger charge is 2.29. The Morgan fingerprint density at radius 2 is 2.05 bits per heavy atom. The first-order valence-electron chi connectivity index (χ1n) is 7.42. The lowest BCUT2D eigenvalue weighted by Crippen LogP contribution is -2.31. The Morgan fingerprint density at radius 1 is 1.15 bits per heavy atom. The third-order valence-corrected chi connectivity index (χ3v) is 5.42. The van der Waals surface area contributed by atoms with Gasteiger partial charge in [0.1, 0.15) is 11.1 Å². The normalized spacial score (nSPS) is 31.1. The first kappa shape index (κ1) is 12.7. The van der Waals surface area contributed by atoms with Crippen LogP contribution < -0.4 is 5.73 Å². The molecule has 2 fully saturated rings. The van der Waals surface area contributed by atoms with Crippen molar-refractivity contribution in [3.63, 3.8) is 0 Å². The van der Waals surface area contributed by atoms with Crippen molar-refractivity contribution in [2.75, 3.05) is 6.61 Å². The largest absolute Gasteiger partial charge is 0.370 e. The van der Waals surface area contributed by atoms with Crippen molar-refractivity contribution >= 4 is 16.3 Å². The molecule has 2 aromatic rings. The summed E-state index contributed by atoms with van der Waals surface area (Å²) >= 11 is 1.63. The second-order valence-electron chi connectivity index (χ2n) is 5.75. The minimum absolute atomic E-state index is 0.0555. The van der Waals surface area contributed by atoms with Crippen LogP contribution in [-0.2, 0) is 4.74 Å². The quantitative estimate of drug-likeness (QED) is 0.916. The average molecular weight is 293 g/mol. The van der Waals surface area contributed by atoms with Crippen LogP contribution >= 0.6 is 11.3 Å². The number of ether oxygens (including phenoxy) is 1. The van der Waals surface area contributed by atoms with Gasteiger partial charge in [-0.2, -0.15) is 9.61 Å². The number of nitrogens with two attached hydrogens (primary N) is 1. The summed E-state index contributed by atoms with van der Waals surface area (Å²) in [6.45, 7) is 0.810. The number of hydrogen-bond acceptors (Lipinski definition) is 6. The van der Waals surface area contributed by atoms with Gasteiger partial charge < -0.3 is 10.5 Å². The Labute approximate surface area is 121 Å². The molecule has 0 spiro atoms. The molecule has 3 atom stereocenters. The second kappa shape index (κ2) is 5.05. The van der Waals surface area contributed by atoms with Gasteiger partial charge in [0.05, 0.1) is 0 Å². The maximum absolute atomic E-state index is 6.26. The molecule has 20 heavy (non-hydrogen) atoms. The Hall–Kier alpha value is -1.05. The van der Waals surface area contributed by atoms with Crippen molar-refractivity contribution in [3.05, 3.63) is 10.8 Å². The number of nitrogens with zero attached hydrogens (tertiary/aromatic N) is 4. The predicted octanol–water partition coefficient (Wildman–Crippen LogP) is 2.02. The van der Waals surface area contributed by atoms with Crippen LogP contribution in [0.5, 0.6) is 0 Å². The summed E-state index contributed by atoms with van der Waals surface area (Å²) in [5.74, 6) is 1.23. The van der Waals surface area contributed by atoms with E-state index >= 15 is 0 Å². The lowest BCUT2D eigenvalue weighted by Gasteiger charge is -2.26. The van der Waals surface area contributed by atoms with E-state index in [0.29, 0.717) is 5.92 Å². The van der Waals surface area contributed by atoms with Gasteiger partial charge in [-0.15, -0.1) is 10.2 Å². The Morgan fingerprint density at radius 3 is 2.85 bits per heavy atom. The highest BCUT2D eigenvalue weighted by atomic mass is 32.1. The van der Waals surface area contributed by atoms with Gasteiger partial charge in [-0.3, -0.25) is 0 Å². The van der Waals surface area contributed by atoms with Crippen molar-refractivity contribution < 1.29 is 4.74 Å². The lowest BCUT2D eigenvalue weighted by molar-refractivity contribution is 0.103. The van der Waals surface area contributed by atoms with Gasteiger partial charge in [0.2, 0.25) is 4.96 Å². The van der Waals surface area contributed by atoms with E-state index in [0.717, 1.165) is 48.1 Å². The van der Waals surface area contributed by atoms with Crippen LogP contribution in [0, 0.1) is 0 Å². The number of rotatable bonds is 2. The van der Waals surface area contributed by atoms with Crippen LogP contribution in [0.1, 0.15) is 61.4 Å². The summed E-state index contributed by atoms with van der Waals surface area (Å²) in [5, 5.41) is 14.4. The van der Waals surface area contributed by atoms with Crippen LogP contribution in [0.2, 0.25) is 0 Å². The molecule has 3 unspecified atom stereocenters. The van der Waals surface area contributed by atoms with Gasteiger partial charge in [0.25, 0.3) is 0 Å². The lowest BCUT2D eigenvalue weighted by atomic mass is 9.86. The maximum atomic E-state index is 6.26. The molecule has 7 heteroatoms. The van der Waals surface area contributed by atoms with E-state index < -0.39 is 0 Å². The molecule has 1 aliphatic carbocycles. The summed E-state index contributed by atoms with van der Waals surface area (Å²) in [6.07, 6.45) is 6.88. The third kappa shape index (κ3) is 2.04. The van der Waals surface area contributed by atoms with Crippen molar-refractivity contribution in [3.8, 4) is 0 Å². The second-order valence-corrected chi connectivity index (χ2v) is 6.74. The zero-order chi connectivity index (χ0) is 13.5. The van der Waals surface area contributed by atoms with Crippen LogP contribution in [0.15, 0.2) is 0 Å². The van der Waals surface area contributed by atoms with Crippen LogP contribution in [0.25, 0.3) is 4.96 Å². The molecule has 0 radical (unpaired) electrons. The van der Waals surface area contributed by atoms with Gasteiger partial charge in [-0.05, 0) is 25.7 Å². The molecule has 1 saturated heterocycles. The summed E-state index contributed by atoms with van der Waals surface area (Å²) in [7, 11) is 0. The molecule has 3 heterocycles. The smallest absolute Gasteiger partial charge is 0.234 e. The summed E-state index contributed by atoms with van der Waals surface area (Å²) in [6, 6.07) is 0.235. The molecule has 0 amide bonds. The molecule has 2 aliphatic rings. The molecule has 1 saturated carbocycles. The van der Waals surface area contributed by atoms with Gasteiger partial charge in [0.15, 0.2) is 5.82 Å². The molecule has 0 bridgehead atoms. The highest BCUT2D eigenvalue weighted by molar-refractivity contribution is 7.16. The minimum Gasteiger partial charge on any atom is -0.370 e. The fourth-order valence-corrected chi connectivity index (χ4v) is 4.30. The monoisotopic (exact) mass is 293 g/mol. The Balaban J connectivity index is 1.68. The zero-order valence-electron chi connectivity index (χ0n) is 11.4. The zero-order valence-corrected chi connectivity index (χ0v) is 12.2. The van der Waals surface area contributed by atoms with Gasteiger partial charge >= 0.3 is 0 Å². The van der Waals surface area contributed by atoms with E-state index in [1.54, 1.807) is 11.3 Å². The first-order chi connectivity index (χ1) is 9.83. The third-order valence-electron chi connectivity index (χ3n) is 4.38. The maximum Gasteiger partial charge on any atom is 0.234 e. The highest BCUT2D eigenvalue weighted by Crippen LogP contribution is 2.35. The molecule has 2 N–H and O–H groups in total. The van der Waals surface area contributed by atoms with E-state index in [4.69, 9.17) is 15.6 Å². The average Bonchev–Trinajstić information content (AvgIpc) is 3.14. The van der Waals surface area contributed by atoms with E-state index in [1.165, 1.54) is 12.8 Å². The molecule has 2 aromatic heterocycles. The standard InChI is InChI=1S/C13H19N5OS/c14-9-5-2-1-4-8(9)12-17-18-11(10-6-3-7-19-10)15-16-13(18)20-12/h8-10H,1-7,14H2. The van der Waals surface area contributed by atoms with Crippen LogP contribution in [0.4, 0.5) is 0 Å². The Kier molecular flexibility index (Phi) is 3.20. The van der Waals surface area contributed by atoms with Crippen molar-refractivity contribution in [2.24, 2.45) is 5.73 Å². The molecule has 1 aliphatic heterocycles. The van der Waals surface area contributed by atoms with Gasteiger partial charge in [-0.1, -0.05) is 24.2 Å². The van der Waals surface area contributed by atoms with Gasteiger partial charge in [0, 0.05) is 18.6 Å². The summed E-state index contributed by atoms with van der Waals surface area (Å²) < 4.78 is 7.57. The van der Waals surface area contributed by atoms with Crippen molar-refractivity contribution in [1.82, 2.24) is 19.8 Å². The molecule has 4 rings (SSSR count). The molecular formula is C13H19N5OS. The SMILES string of the molecule is NC1CCCCC1c1nn2c(C3CCCO3)nnc2s1.